The second kappa shape index (κ2) is 5.36. The number of hydrogen-bond donors (Lipinski definition) is 2. The van der Waals surface area contributed by atoms with E-state index in [2.05, 4.69) is 35.5 Å². The molecule has 1 aliphatic heterocycles. The SMILES string of the molecule is CC1(C)CCCNC1CNc1cccc(C#N)n1. The molecule has 2 heterocycles. The highest BCUT2D eigenvalue weighted by atomic mass is 15.0. The molecule has 1 aromatic rings. The van der Waals surface area contributed by atoms with Crippen molar-refractivity contribution in [2.45, 2.75) is 32.7 Å². The number of piperidine rings is 1. The van der Waals surface area contributed by atoms with Gasteiger partial charge in [0.15, 0.2) is 0 Å². The minimum atomic E-state index is 0.304. The number of aromatic nitrogens is 1. The third-order valence-electron chi connectivity index (χ3n) is 3.68. The van der Waals surface area contributed by atoms with Crippen LogP contribution < -0.4 is 10.6 Å². The standard InChI is InChI=1S/C14H20N4/c1-14(2)7-4-8-16-12(14)10-17-13-6-3-5-11(9-15)18-13/h3,5-6,12,16H,4,7-8,10H2,1-2H3,(H,17,18). The van der Waals surface area contributed by atoms with E-state index in [1.165, 1.54) is 12.8 Å². The van der Waals surface area contributed by atoms with Crippen LogP contribution >= 0.6 is 0 Å². The van der Waals surface area contributed by atoms with Gasteiger partial charge in [-0.2, -0.15) is 5.26 Å². The number of anilines is 1. The highest BCUT2D eigenvalue weighted by molar-refractivity contribution is 5.38. The summed E-state index contributed by atoms with van der Waals surface area (Å²) in [5, 5.41) is 15.7. The summed E-state index contributed by atoms with van der Waals surface area (Å²) in [6.45, 7) is 6.52. The first-order valence-electron chi connectivity index (χ1n) is 6.46. The highest BCUT2D eigenvalue weighted by Gasteiger charge is 2.31. The zero-order valence-electron chi connectivity index (χ0n) is 11.0. The van der Waals surface area contributed by atoms with Gasteiger partial charge in [-0.15, -0.1) is 0 Å². The Hall–Kier alpha value is -1.60. The molecule has 0 spiro atoms. The van der Waals surface area contributed by atoms with Crippen molar-refractivity contribution in [1.82, 2.24) is 10.3 Å². The molecule has 18 heavy (non-hydrogen) atoms. The van der Waals surface area contributed by atoms with Crippen LogP contribution in [0.1, 0.15) is 32.4 Å². The zero-order chi connectivity index (χ0) is 13.0. The molecular formula is C14H20N4. The first-order valence-corrected chi connectivity index (χ1v) is 6.46. The molecule has 2 rings (SSSR count). The van der Waals surface area contributed by atoms with Gasteiger partial charge in [-0.25, -0.2) is 4.98 Å². The van der Waals surface area contributed by atoms with Gasteiger partial charge in [-0.05, 0) is 36.9 Å². The number of nitrogens with zero attached hydrogens (tertiary/aromatic N) is 2. The van der Waals surface area contributed by atoms with E-state index in [-0.39, 0.29) is 0 Å². The van der Waals surface area contributed by atoms with Crippen molar-refractivity contribution >= 4 is 5.82 Å². The van der Waals surface area contributed by atoms with Gasteiger partial charge in [-0.1, -0.05) is 19.9 Å². The number of hydrogen-bond acceptors (Lipinski definition) is 4. The molecule has 2 N–H and O–H groups in total. The number of rotatable bonds is 3. The van der Waals surface area contributed by atoms with E-state index in [1.54, 1.807) is 6.07 Å². The largest absolute Gasteiger partial charge is 0.368 e. The Bertz CT molecular complexity index is 447. The summed E-state index contributed by atoms with van der Waals surface area (Å²) in [6.07, 6.45) is 2.49. The lowest BCUT2D eigenvalue weighted by atomic mass is 9.77. The predicted octanol–water partition coefficient (Wildman–Crippen LogP) is 2.14. The van der Waals surface area contributed by atoms with E-state index in [4.69, 9.17) is 5.26 Å². The van der Waals surface area contributed by atoms with Crippen molar-refractivity contribution in [1.29, 1.82) is 5.26 Å². The Kier molecular flexibility index (Phi) is 3.83. The lowest BCUT2D eigenvalue weighted by Gasteiger charge is -2.39. The summed E-state index contributed by atoms with van der Waals surface area (Å²) in [7, 11) is 0. The van der Waals surface area contributed by atoms with E-state index in [9.17, 15) is 0 Å². The smallest absolute Gasteiger partial charge is 0.142 e. The molecule has 1 fully saturated rings. The zero-order valence-corrected chi connectivity index (χ0v) is 11.0. The van der Waals surface area contributed by atoms with Crippen molar-refractivity contribution in [3.8, 4) is 6.07 Å². The maximum absolute atomic E-state index is 8.81. The molecular weight excluding hydrogens is 224 g/mol. The Morgan fingerprint density at radius 2 is 2.39 bits per heavy atom. The van der Waals surface area contributed by atoms with E-state index in [1.807, 2.05) is 12.1 Å². The van der Waals surface area contributed by atoms with Crippen molar-refractivity contribution in [2.24, 2.45) is 5.41 Å². The monoisotopic (exact) mass is 244 g/mol. The molecule has 4 nitrogen and oxygen atoms in total. The van der Waals surface area contributed by atoms with Crippen LogP contribution in [0.3, 0.4) is 0 Å². The molecule has 0 amide bonds. The maximum Gasteiger partial charge on any atom is 0.142 e. The average Bonchev–Trinajstić information content (AvgIpc) is 2.37. The summed E-state index contributed by atoms with van der Waals surface area (Å²) in [5.74, 6) is 0.775. The Labute approximate surface area is 108 Å². The van der Waals surface area contributed by atoms with Gasteiger partial charge in [0.2, 0.25) is 0 Å². The normalized spacial score (nSPS) is 22.2. The molecule has 0 aromatic carbocycles. The van der Waals surface area contributed by atoms with Crippen molar-refractivity contribution in [3.05, 3.63) is 23.9 Å². The van der Waals surface area contributed by atoms with Crippen LogP contribution in [0.4, 0.5) is 5.82 Å². The Morgan fingerprint density at radius 1 is 1.56 bits per heavy atom. The summed E-state index contributed by atoms with van der Waals surface area (Å²) in [6, 6.07) is 7.97. The quantitative estimate of drug-likeness (QED) is 0.855. The third-order valence-corrected chi connectivity index (χ3v) is 3.68. The van der Waals surface area contributed by atoms with Crippen molar-refractivity contribution < 1.29 is 0 Å². The third kappa shape index (κ3) is 2.99. The first-order chi connectivity index (χ1) is 8.62. The van der Waals surface area contributed by atoms with E-state index in [0.717, 1.165) is 18.9 Å². The second-order valence-corrected chi connectivity index (χ2v) is 5.50. The van der Waals surface area contributed by atoms with E-state index in [0.29, 0.717) is 17.2 Å². The first kappa shape index (κ1) is 12.8. The summed E-state index contributed by atoms with van der Waals surface area (Å²) in [5.41, 5.74) is 0.758. The number of pyridine rings is 1. The van der Waals surface area contributed by atoms with Crippen LogP contribution in [-0.4, -0.2) is 24.1 Å². The van der Waals surface area contributed by atoms with Gasteiger partial charge < -0.3 is 10.6 Å². The van der Waals surface area contributed by atoms with Gasteiger partial charge >= 0.3 is 0 Å². The fourth-order valence-corrected chi connectivity index (χ4v) is 2.42. The fraction of sp³-hybridized carbons (Fsp3) is 0.571. The minimum Gasteiger partial charge on any atom is -0.368 e. The minimum absolute atomic E-state index is 0.304. The maximum atomic E-state index is 8.81. The lowest BCUT2D eigenvalue weighted by Crippen LogP contribution is -2.50. The molecule has 0 bridgehead atoms. The average molecular weight is 244 g/mol. The fourth-order valence-electron chi connectivity index (χ4n) is 2.42. The van der Waals surface area contributed by atoms with Gasteiger partial charge in [0, 0.05) is 12.6 Å². The lowest BCUT2D eigenvalue weighted by molar-refractivity contribution is 0.188. The van der Waals surface area contributed by atoms with Crippen LogP contribution in [-0.2, 0) is 0 Å². The molecule has 1 saturated heterocycles. The van der Waals surface area contributed by atoms with Gasteiger partial charge in [0.1, 0.15) is 17.6 Å². The number of nitriles is 1. The van der Waals surface area contributed by atoms with Gasteiger partial charge in [-0.3, -0.25) is 0 Å². The molecule has 0 aliphatic carbocycles. The summed E-state index contributed by atoms with van der Waals surface area (Å²) < 4.78 is 0. The molecule has 96 valence electrons. The van der Waals surface area contributed by atoms with Gasteiger partial charge in [0.25, 0.3) is 0 Å². The summed E-state index contributed by atoms with van der Waals surface area (Å²) >= 11 is 0. The molecule has 4 heteroatoms. The Morgan fingerprint density at radius 3 is 3.11 bits per heavy atom. The van der Waals surface area contributed by atoms with Crippen LogP contribution in [0, 0.1) is 16.7 Å². The predicted molar refractivity (Wildman–Crippen MR) is 72.2 cm³/mol. The van der Waals surface area contributed by atoms with Crippen LogP contribution in [0.15, 0.2) is 18.2 Å². The molecule has 1 aromatic heterocycles. The van der Waals surface area contributed by atoms with E-state index < -0.39 is 0 Å². The van der Waals surface area contributed by atoms with Crippen LogP contribution in [0.25, 0.3) is 0 Å². The molecule has 1 atom stereocenters. The highest BCUT2D eigenvalue weighted by Crippen LogP contribution is 2.30. The van der Waals surface area contributed by atoms with E-state index >= 15 is 0 Å². The molecule has 0 radical (unpaired) electrons. The van der Waals surface area contributed by atoms with Crippen molar-refractivity contribution in [3.63, 3.8) is 0 Å². The summed E-state index contributed by atoms with van der Waals surface area (Å²) in [4.78, 5) is 4.22. The topological polar surface area (TPSA) is 60.7 Å². The molecule has 1 aliphatic rings. The van der Waals surface area contributed by atoms with Crippen LogP contribution in [0.5, 0.6) is 0 Å². The second-order valence-electron chi connectivity index (χ2n) is 5.50. The number of nitrogens with one attached hydrogen (secondary N) is 2. The Balaban J connectivity index is 1.96. The molecule has 1 unspecified atom stereocenters. The van der Waals surface area contributed by atoms with Crippen LogP contribution in [0.2, 0.25) is 0 Å². The van der Waals surface area contributed by atoms with Gasteiger partial charge in [0.05, 0.1) is 0 Å². The molecule has 0 saturated carbocycles. The van der Waals surface area contributed by atoms with Crippen molar-refractivity contribution in [2.75, 3.05) is 18.4 Å².